The molecule has 0 fully saturated rings. The highest BCUT2D eigenvalue weighted by molar-refractivity contribution is 6.13. The largest absolute Gasteiger partial charge is 0.454 e. The van der Waals surface area contributed by atoms with Crippen molar-refractivity contribution in [3.05, 3.63) is 71.7 Å². The lowest BCUT2D eigenvalue weighted by Gasteiger charge is -2.11. The lowest BCUT2D eigenvalue weighted by Crippen LogP contribution is -2.08. The van der Waals surface area contributed by atoms with Crippen molar-refractivity contribution < 1.29 is 18.7 Å². The maximum absolute atomic E-state index is 13.4. The molecular formula is C19H13FN2O3. The van der Waals surface area contributed by atoms with Gasteiger partial charge in [0.2, 0.25) is 6.79 Å². The normalized spacial score (nSPS) is 12.2. The quantitative estimate of drug-likeness (QED) is 0.742. The minimum Gasteiger partial charge on any atom is -0.454 e. The zero-order valence-corrected chi connectivity index (χ0v) is 13.0. The van der Waals surface area contributed by atoms with Crippen molar-refractivity contribution in [3.8, 4) is 22.8 Å². The zero-order valence-electron chi connectivity index (χ0n) is 13.0. The first-order valence-corrected chi connectivity index (χ1v) is 7.59. The fourth-order valence-electron chi connectivity index (χ4n) is 2.79. The van der Waals surface area contributed by atoms with Crippen molar-refractivity contribution in [2.75, 3.05) is 12.5 Å². The van der Waals surface area contributed by atoms with Gasteiger partial charge in [-0.1, -0.05) is 18.2 Å². The van der Waals surface area contributed by atoms with Crippen molar-refractivity contribution in [1.29, 1.82) is 0 Å². The summed E-state index contributed by atoms with van der Waals surface area (Å²) in [5.41, 5.74) is 7.96. The molecule has 4 rings (SSSR count). The molecular weight excluding hydrogens is 323 g/mol. The van der Waals surface area contributed by atoms with Crippen LogP contribution in [0.3, 0.4) is 0 Å². The number of ketones is 1. The van der Waals surface area contributed by atoms with Gasteiger partial charge in [0.05, 0.1) is 11.4 Å². The average molecular weight is 336 g/mol. The first kappa shape index (κ1) is 15.1. The third-order valence-electron chi connectivity index (χ3n) is 3.97. The molecule has 0 saturated carbocycles. The van der Waals surface area contributed by atoms with Crippen LogP contribution in [-0.4, -0.2) is 17.6 Å². The number of hydrogen-bond acceptors (Lipinski definition) is 5. The lowest BCUT2D eigenvalue weighted by molar-refractivity contribution is 0.103. The van der Waals surface area contributed by atoms with Gasteiger partial charge in [0.1, 0.15) is 5.82 Å². The number of nitrogens with zero attached hydrogens (tertiary/aromatic N) is 1. The van der Waals surface area contributed by atoms with E-state index in [9.17, 15) is 9.18 Å². The molecule has 0 unspecified atom stereocenters. The van der Waals surface area contributed by atoms with E-state index in [-0.39, 0.29) is 29.4 Å². The van der Waals surface area contributed by atoms with E-state index in [1.807, 2.05) is 0 Å². The molecule has 0 spiro atoms. The summed E-state index contributed by atoms with van der Waals surface area (Å²) < 4.78 is 24.3. The Morgan fingerprint density at radius 1 is 1.12 bits per heavy atom. The molecule has 0 radical (unpaired) electrons. The number of para-hydroxylation sites is 1. The van der Waals surface area contributed by atoms with E-state index in [0.29, 0.717) is 22.8 Å². The Labute approximate surface area is 142 Å². The Balaban J connectivity index is 1.82. The molecule has 2 heterocycles. The SMILES string of the molecule is Nc1c(C(=O)c2cccc(F)c2)ccnc1-c1cccc2c1OCO2. The maximum Gasteiger partial charge on any atom is 0.231 e. The standard InChI is InChI=1S/C19H13FN2O3/c20-12-4-1-3-11(9-12)18(23)13-7-8-22-17(16(13)21)14-5-2-6-15-19(14)25-10-24-15/h1-9H,10,21H2. The molecule has 3 aromatic rings. The number of nitrogen functional groups attached to an aromatic ring is 1. The van der Waals surface area contributed by atoms with E-state index in [1.54, 1.807) is 24.3 Å². The van der Waals surface area contributed by atoms with Crippen molar-refractivity contribution in [3.63, 3.8) is 0 Å². The van der Waals surface area contributed by atoms with E-state index < -0.39 is 5.82 Å². The van der Waals surface area contributed by atoms with E-state index in [1.165, 1.54) is 30.5 Å². The van der Waals surface area contributed by atoms with Gasteiger partial charge in [-0.05, 0) is 30.3 Å². The first-order valence-electron chi connectivity index (χ1n) is 7.59. The summed E-state index contributed by atoms with van der Waals surface area (Å²) >= 11 is 0. The van der Waals surface area contributed by atoms with Crippen LogP contribution in [0.4, 0.5) is 10.1 Å². The Morgan fingerprint density at radius 2 is 1.96 bits per heavy atom. The van der Waals surface area contributed by atoms with Crippen LogP contribution in [0, 0.1) is 5.82 Å². The number of pyridine rings is 1. The Morgan fingerprint density at radius 3 is 2.80 bits per heavy atom. The number of benzene rings is 2. The van der Waals surface area contributed by atoms with Gasteiger partial charge in [0, 0.05) is 22.9 Å². The number of carbonyl (C=O) groups is 1. The van der Waals surface area contributed by atoms with E-state index in [0.717, 1.165) is 0 Å². The molecule has 1 aromatic heterocycles. The van der Waals surface area contributed by atoms with Gasteiger partial charge in [-0.3, -0.25) is 9.78 Å². The topological polar surface area (TPSA) is 74.4 Å². The molecule has 2 N–H and O–H groups in total. The first-order chi connectivity index (χ1) is 12.1. The third kappa shape index (κ3) is 2.57. The number of ether oxygens (including phenoxy) is 2. The smallest absolute Gasteiger partial charge is 0.231 e. The van der Waals surface area contributed by atoms with Gasteiger partial charge in [0.25, 0.3) is 0 Å². The highest BCUT2D eigenvalue weighted by Crippen LogP contribution is 2.42. The summed E-state index contributed by atoms with van der Waals surface area (Å²) in [7, 11) is 0. The van der Waals surface area contributed by atoms with Crippen LogP contribution in [0.5, 0.6) is 11.5 Å². The van der Waals surface area contributed by atoms with Crippen molar-refractivity contribution in [2.45, 2.75) is 0 Å². The molecule has 0 saturated heterocycles. The van der Waals surface area contributed by atoms with E-state index in [4.69, 9.17) is 15.2 Å². The fourth-order valence-corrected chi connectivity index (χ4v) is 2.79. The Kier molecular flexibility index (Phi) is 3.57. The van der Waals surface area contributed by atoms with E-state index >= 15 is 0 Å². The highest BCUT2D eigenvalue weighted by Gasteiger charge is 2.23. The summed E-state index contributed by atoms with van der Waals surface area (Å²) in [5.74, 6) is 0.285. The number of rotatable bonds is 3. The molecule has 1 aliphatic heterocycles. The predicted molar refractivity (Wildman–Crippen MR) is 90.0 cm³/mol. The molecule has 124 valence electrons. The number of aromatic nitrogens is 1. The summed E-state index contributed by atoms with van der Waals surface area (Å²) in [6.07, 6.45) is 1.49. The van der Waals surface area contributed by atoms with Crippen LogP contribution >= 0.6 is 0 Å². The molecule has 0 aliphatic carbocycles. The van der Waals surface area contributed by atoms with Crippen LogP contribution in [0.2, 0.25) is 0 Å². The minimum atomic E-state index is -0.481. The molecule has 0 atom stereocenters. The fraction of sp³-hybridized carbons (Fsp3) is 0.0526. The second-order valence-corrected chi connectivity index (χ2v) is 5.50. The second-order valence-electron chi connectivity index (χ2n) is 5.50. The minimum absolute atomic E-state index is 0.119. The van der Waals surface area contributed by atoms with Gasteiger partial charge in [-0.2, -0.15) is 0 Å². The molecule has 6 heteroatoms. The number of halogens is 1. The van der Waals surface area contributed by atoms with Gasteiger partial charge < -0.3 is 15.2 Å². The Hall–Kier alpha value is -3.41. The number of anilines is 1. The van der Waals surface area contributed by atoms with Crippen LogP contribution in [0.15, 0.2) is 54.7 Å². The van der Waals surface area contributed by atoms with E-state index in [2.05, 4.69) is 4.98 Å². The van der Waals surface area contributed by atoms with Gasteiger partial charge >= 0.3 is 0 Å². The van der Waals surface area contributed by atoms with Gasteiger partial charge in [-0.25, -0.2) is 4.39 Å². The molecule has 2 aromatic carbocycles. The maximum atomic E-state index is 13.4. The lowest BCUT2D eigenvalue weighted by atomic mass is 9.99. The summed E-state index contributed by atoms with van der Waals surface area (Å²) in [5, 5.41) is 0. The highest BCUT2D eigenvalue weighted by atomic mass is 19.1. The molecule has 5 nitrogen and oxygen atoms in total. The van der Waals surface area contributed by atoms with Gasteiger partial charge in [-0.15, -0.1) is 0 Å². The van der Waals surface area contributed by atoms with Crippen molar-refractivity contribution in [2.24, 2.45) is 0 Å². The number of fused-ring (bicyclic) bond motifs is 1. The number of hydrogen-bond donors (Lipinski definition) is 1. The third-order valence-corrected chi connectivity index (χ3v) is 3.97. The summed E-state index contributed by atoms with van der Waals surface area (Å²) in [4.78, 5) is 17.0. The average Bonchev–Trinajstić information content (AvgIpc) is 3.10. The summed E-state index contributed by atoms with van der Waals surface area (Å²) in [6, 6.07) is 12.4. The van der Waals surface area contributed by atoms with Crippen LogP contribution in [0.25, 0.3) is 11.3 Å². The van der Waals surface area contributed by atoms with Gasteiger partial charge in [0.15, 0.2) is 17.3 Å². The van der Waals surface area contributed by atoms with Crippen molar-refractivity contribution in [1.82, 2.24) is 4.98 Å². The van der Waals surface area contributed by atoms with Crippen LogP contribution in [0.1, 0.15) is 15.9 Å². The second kappa shape index (κ2) is 5.90. The Bertz CT molecular complexity index is 988. The summed E-state index contributed by atoms with van der Waals surface area (Å²) in [6.45, 7) is 0.119. The zero-order chi connectivity index (χ0) is 17.4. The number of carbonyl (C=O) groups excluding carboxylic acids is 1. The molecule has 1 aliphatic rings. The monoisotopic (exact) mass is 336 g/mol. The van der Waals surface area contributed by atoms with Crippen LogP contribution < -0.4 is 15.2 Å². The van der Waals surface area contributed by atoms with Crippen molar-refractivity contribution >= 4 is 11.5 Å². The molecule has 0 amide bonds. The van der Waals surface area contributed by atoms with Crippen LogP contribution in [-0.2, 0) is 0 Å². The molecule has 25 heavy (non-hydrogen) atoms. The molecule has 0 bridgehead atoms. The predicted octanol–water partition coefficient (Wildman–Crippen LogP) is 3.43. The number of nitrogens with two attached hydrogens (primary N) is 1.